The summed E-state index contributed by atoms with van der Waals surface area (Å²) in [5, 5.41) is 29.5. The highest BCUT2D eigenvalue weighted by Crippen LogP contribution is 2.48. The van der Waals surface area contributed by atoms with Crippen LogP contribution < -0.4 is 4.74 Å². The first-order valence-corrected chi connectivity index (χ1v) is 10.4. The third-order valence-electron chi connectivity index (χ3n) is 5.79. The number of nitrogens with zero attached hydrogens (tertiary/aromatic N) is 3. The fourth-order valence-corrected chi connectivity index (χ4v) is 4.66. The molecule has 1 N–H and O–H groups in total. The van der Waals surface area contributed by atoms with Gasteiger partial charge in [-0.15, -0.1) is 20.2 Å². The summed E-state index contributed by atoms with van der Waals surface area (Å²) in [7, 11) is 0. The average molecular weight is 496 g/mol. The number of carbonyl (C=O) groups is 1. The largest absolute Gasteiger partial charge is 0.511 e. The molecular formula is C20H18ClN3O10. The molecule has 2 aliphatic rings. The maximum atomic E-state index is 11.3. The number of fused-ring (bicyclic) bond motifs is 1. The second-order valence-corrected chi connectivity index (χ2v) is 8.25. The Bertz CT molecular complexity index is 1120. The average Bonchev–Trinajstić information content (AvgIpc) is 3.34. The molecule has 4 atom stereocenters. The second kappa shape index (κ2) is 9.27. The van der Waals surface area contributed by atoms with Crippen molar-refractivity contribution in [3.8, 4) is 5.75 Å². The van der Waals surface area contributed by atoms with Crippen LogP contribution in [0.4, 0.5) is 4.79 Å². The molecule has 1 unspecified atom stereocenters. The normalized spacial score (nSPS) is 23.2. The molecule has 34 heavy (non-hydrogen) atoms. The smallest absolute Gasteiger partial charge is 0.449 e. The topological polar surface area (TPSA) is 173 Å². The van der Waals surface area contributed by atoms with Crippen molar-refractivity contribution < 1.29 is 39.2 Å². The molecule has 13 nitrogen and oxygen atoms in total. The predicted octanol–water partition coefficient (Wildman–Crippen LogP) is 3.75. The summed E-state index contributed by atoms with van der Waals surface area (Å²) in [4.78, 5) is 47.0. The monoisotopic (exact) mass is 495 g/mol. The van der Waals surface area contributed by atoms with Crippen molar-refractivity contribution in [3.05, 3.63) is 77.6 Å². The Morgan fingerprint density at radius 3 is 2.26 bits per heavy atom. The number of carboxylic acid groups (broad SMARTS) is 1. The number of hydrogen-bond donors (Lipinski definition) is 1. The molecule has 1 aromatic carbocycles. The first kappa shape index (κ1) is 23.4. The molecule has 0 saturated heterocycles. The van der Waals surface area contributed by atoms with E-state index in [-0.39, 0.29) is 30.9 Å². The molecule has 1 aromatic heterocycles. The van der Waals surface area contributed by atoms with E-state index >= 15 is 0 Å². The molecule has 1 aliphatic carbocycles. The summed E-state index contributed by atoms with van der Waals surface area (Å²) in [6.07, 6.45) is -4.51. The molecule has 180 valence electrons. The maximum Gasteiger partial charge on any atom is 0.511 e. The van der Waals surface area contributed by atoms with E-state index < -0.39 is 40.6 Å². The maximum absolute atomic E-state index is 11.3. The molecule has 0 amide bonds. The molecule has 0 bridgehead atoms. The molecule has 1 fully saturated rings. The van der Waals surface area contributed by atoms with Crippen LogP contribution in [0, 0.1) is 27.2 Å². The molecule has 1 saturated carbocycles. The van der Waals surface area contributed by atoms with E-state index in [0.717, 1.165) is 0 Å². The Morgan fingerprint density at radius 1 is 1.15 bits per heavy atom. The van der Waals surface area contributed by atoms with Crippen LogP contribution in [0.1, 0.15) is 52.9 Å². The van der Waals surface area contributed by atoms with E-state index in [1.807, 2.05) is 0 Å². The van der Waals surface area contributed by atoms with Gasteiger partial charge < -0.3 is 24.3 Å². The Morgan fingerprint density at radius 2 is 1.74 bits per heavy atom. The van der Waals surface area contributed by atoms with Gasteiger partial charge in [-0.2, -0.15) is 0 Å². The van der Waals surface area contributed by atoms with E-state index in [2.05, 4.69) is 14.7 Å². The van der Waals surface area contributed by atoms with Crippen molar-refractivity contribution >= 4 is 17.8 Å². The first-order chi connectivity index (χ1) is 16.1. The zero-order valence-corrected chi connectivity index (χ0v) is 18.3. The first-order valence-electron chi connectivity index (χ1n) is 10.1. The third kappa shape index (κ3) is 4.65. The van der Waals surface area contributed by atoms with E-state index in [0.29, 0.717) is 27.4 Å². The zero-order chi connectivity index (χ0) is 24.6. The molecule has 2 aromatic rings. The Hall–Kier alpha value is -3.71. The third-order valence-corrected chi connectivity index (χ3v) is 6.04. The highest BCUT2D eigenvalue weighted by Gasteiger charge is 2.44. The highest BCUT2D eigenvalue weighted by atomic mass is 35.5. The summed E-state index contributed by atoms with van der Waals surface area (Å²) in [6.45, 7) is 1.58. The van der Waals surface area contributed by atoms with Gasteiger partial charge in [0.05, 0.1) is 18.0 Å². The lowest BCUT2D eigenvalue weighted by Gasteiger charge is -2.21. The van der Waals surface area contributed by atoms with Gasteiger partial charge in [0.15, 0.2) is 5.75 Å². The molecule has 4 rings (SSSR count). The van der Waals surface area contributed by atoms with Crippen molar-refractivity contribution in [1.29, 1.82) is 0 Å². The summed E-state index contributed by atoms with van der Waals surface area (Å²) >= 11 is 6.00. The summed E-state index contributed by atoms with van der Waals surface area (Å²) in [5.74, 6) is -0.491. The van der Waals surface area contributed by atoms with Crippen LogP contribution in [0.15, 0.2) is 24.3 Å². The van der Waals surface area contributed by atoms with E-state index in [9.17, 15) is 30.1 Å². The van der Waals surface area contributed by atoms with Crippen molar-refractivity contribution in [3.63, 3.8) is 0 Å². The van der Waals surface area contributed by atoms with Gasteiger partial charge in [0.25, 0.3) is 10.2 Å². The highest BCUT2D eigenvalue weighted by molar-refractivity contribution is 6.30. The van der Waals surface area contributed by atoms with Crippen molar-refractivity contribution in [2.45, 2.75) is 50.6 Å². The summed E-state index contributed by atoms with van der Waals surface area (Å²) in [5.41, 5.74) is 2.44. The Kier molecular flexibility index (Phi) is 6.39. The molecule has 14 heteroatoms. The number of hydrogen-bond acceptors (Lipinski definition) is 10. The lowest BCUT2D eigenvalue weighted by Crippen LogP contribution is -2.30. The van der Waals surface area contributed by atoms with E-state index in [1.54, 1.807) is 31.2 Å². The Labute approximate surface area is 196 Å². The quantitative estimate of drug-likeness (QED) is 0.336. The number of aryl methyl sites for hydroxylation is 1. The molecular weight excluding hydrogens is 478 g/mol. The lowest BCUT2D eigenvalue weighted by molar-refractivity contribution is -0.797. The van der Waals surface area contributed by atoms with Gasteiger partial charge in [0.2, 0.25) is 0 Å². The fourth-order valence-electron chi connectivity index (χ4n) is 4.53. The van der Waals surface area contributed by atoms with Crippen LogP contribution in [0.5, 0.6) is 5.75 Å². The van der Waals surface area contributed by atoms with Crippen LogP contribution in [0.25, 0.3) is 0 Å². The van der Waals surface area contributed by atoms with Gasteiger partial charge in [0, 0.05) is 22.1 Å². The van der Waals surface area contributed by atoms with E-state index in [4.69, 9.17) is 21.1 Å². The van der Waals surface area contributed by atoms with Crippen molar-refractivity contribution in [2.75, 3.05) is 0 Å². The van der Waals surface area contributed by atoms with Gasteiger partial charge >= 0.3 is 6.16 Å². The molecule has 1 aliphatic heterocycles. The van der Waals surface area contributed by atoms with Gasteiger partial charge in [-0.3, -0.25) is 4.98 Å². The minimum atomic E-state index is -1.52. The lowest BCUT2D eigenvalue weighted by atomic mass is 9.90. The number of pyridine rings is 1. The predicted molar refractivity (Wildman–Crippen MR) is 111 cm³/mol. The zero-order valence-electron chi connectivity index (χ0n) is 17.6. The fraction of sp³-hybridized carbons (Fsp3) is 0.400. The van der Waals surface area contributed by atoms with Gasteiger partial charge in [-0.05, 0) is 37.5 Å². The summed E-state index contributed by atoms with van der Waals surface area (Å²) < 4.78 is 11.0. The van der Waals surface area contributed by atoms with Gasteiger partial charge in [0.1, 0.15) is 18.3 Å². The summed E-state index contributed by atoms with van der Waals surface area (Å²) in [6, 6.07) is 6.84. The van der Waals surface area contributed by atoms with Crippen molar-refractivity contribution in [1.82, 2.24) is 4.98 Å². The number of benzene rings is 1. The second-order valence-electron chi connectivity index (χ2n) is 7.82. The van der Waals surface area contributed by atoms with Crippen molar-refractivity contribution in [2.24, 2.45) is 0 Å². The Balaban J connectivity index is 1.79. The molecule has 0 spiro atoms. The SMILES string of the molecule is Cc1nc([C@H]2CC(O[N+](=O)[O-])[C@@H](O[N+](=O)[O-])C2)c2c(c1OC(=O)O)CO[C@H]2c1ccc(Cl)cc1. The standard InChI is InChI=1S/C20H18ClN3O10/c1-9-18(32-20(25)26)13-8-31-19(10-2-4-12(21)5-3-10)16(13)17(22-9)11-6-14(33-23(27)28)15(7-11)34-24(29)30/h2-5,11,14-15,19H,6-8H2,1H3,(H,25,26)/t11-,14+,15?,19+/m1/s1. The number of aromatic nitrogens is 1. The molecule has 2 heterocycles. The molecule has 0 radical (unpaired) electrons. The number of rotatable bonds is 7. The van der Waals surface area contributed by atoms with Crippen LogP contribution in [0.2, 0.25) is 5.02 Å². The van der Waals surface area contributed by atoms with Gasteiger partial charge in [-0.25, -0.2) is 4.79 Å². The number of halogens is 1. The minimum Gasteiger partial charge on any atom is -0.449 e. The van der Waals surface area contributed by atoms with Crippen LogP contribution in [0.3, 0.4) is 0 Å². The number of ether oxygens (including phenoxy) is 2. The van der Waals surface area contributed by atoms with E-state index in [1.165, 1.54) is 0 Å². The van der Waals surface area contributed by atoms with Crippen LogP contribution in [-0.2, 0) is 21.0 Å². The minimum absolute atomic E-state index is 0.0187. The van der Waals surface area contributed by atoms with Crippen LogP contribution >= 0.6 is 11.6 Å². The van der Waals surface area contributed by atoms with Crippen LogP contribution in [-0.4, -0.2) is 38.6 Å². The van der Waals surface area contributed by atoms with Gasteiger partial charge in [-0.1, -0.05) is 23.7 Å².